The Labute approximate surface area is 123 Å². The van der Waals surface area contributed by atoms with Crippen LogP contribution in [0.2, 0.25) is 0 Å². The molecule has 0 atom stereocenters. The third-order valence-electron chi connectivity index (χ3n) is 4.06. The Bertz CT molecular complexity index is 703. The Kier molecular flexibility index (Phi) is 3.05. The van der Waals surface area contributed by atoms with Gasteiger partial charge in [-0.1, -0.05) is 6.07 Å². The van der Waals surface area contributed by atoms with Crippen LogP contribution in [0.5, 0.6) is 0 Å². The fourth-order valence-corrected chi connectivity index (χ4v) is 3.85. The van der Waals surface area contributed by atoms with Crippen molar-refractivity contribution in [2.24, 2.45) is 0 Å². The highest BCUT2D eigenvalue weighted by Gasteiger charge is 2.23. The van der Waals surface area contributed by atoms with Crippen LogP contribution >= 0.6 is 11.3 Å². The molecular formula is C16H18N2OS. The summed E-state index contributed by atoms with van der Waals surface area (Å²) in [7, 11) is 0. The van der Waals surface area contributed by atoms with Gasteiger partial charge in [0, 0.05) is 29.6 Å². The second-order valence-corrected chi connectivity index (χ2v) is 6.54. The summed E-state index contributed by atoms with van der Waals surface area (Å²) in [5, 5.41) is 0.876. The number of aryl methyl sites for hydroxylation is 1. The molecule has 1 aliphatic rings. The summed E-state index contributed by atoms with van der Waals surface area (Å²) >= 11 is 1.64. The molecule has 3 rings (SSSR count). The highest BCUT2D eigenvalue weighted by Crippen LogP contribution is 2.40. The van der Waals surface area contributed by atoms with Gasteiger partial charge in [0.2, 0.25) is 5.91 Å². The van der Waals surface area contributed by atoms with E-state index in [4.69, 9.17) is 5.73 Å². The summed E-state index contributed by atoms with van der Waals surface area (Å²) in [5.41, 5.74) is 12.0. The van der Waals surface area contributed by atoms with Crippen LogP contribution in [-0.2, 0) is 11.2 Å². The van der Waals surface area contributed by atoms with Crippen molar-refractivity contribution in [1.29, 1.82) is 0 Å². The lowest BCUT2D eigenvalue weighted by molar-refractivity contribution is -0.116. The van der Waals surface area contributed by atoms with Crippen molar-refractivity contribution in [3.05, 3.63) is 34.2 Å². The predicted molar refractivity (Wildman–Crippen MR) is 85.4 cm³/mol. The molecule has 2 heterocycles. The minimum absolute atomic E-state index is 0.110. The van der Waals surface area contributed by atoms with Crippen molar-refractivity contribution in [1.82, 2.24) is 0 Å². The molecule has 1 aliphatic heterocycles. The minimum atomic E-state index is 0.110. The second-order valence-electron chi connectivity index (χ2n) is 5.29. The molecule has 1 aromatic carbocycles. The fourth-order valence-electron chi connectivity index (χ4n) is 2.90. The average Bonchev–Trinajstić information content (AvgIpc) is 2.91. The van der Waals surface area contributed by atoms with Crippen LogP contribution in [-0.4, -0.2) is 12.5 Å². The number of nitrogens with zero attached hydrogens (tertiary/aromatic N) is 1. The first-order valence-electron chi connectivity index (χ1n) is 6.76. The van der Waals surface area contributed by atoms with Crippen molar-refractivity contribution in [3.8, 4) is 11.1 Å². The van der Waals surface area contributed by atoms with E-state index in [9.17, 15) is 4.79 Å². The molecule has 0 unspecified atom stereocenters. The highest BCUT2D eigenvalue weighted by atomic mass is 32.1. The quantitative estimate of drug-likeness (QED) is 0.871. The monoisotopic (exact) mass is 286 g/mol. The minimum Gasteiger partial charge on any atom is -0.390 e. The lowest BCUT2D eigenvalue weighted by atomic mass is 10.00. The zero-order valence-electron chi connectivity index (χ0n) is 12.0. The van der Waals surface area contributed by atoms with E-state index in [2.05, 4.69) is 26.0 Å². The average molecular weight is 286 g/mol. The van der Waals surface area contributed by atoms with Gasteiger partial charge in [-0.05, 0) is 49.1 Å². The number of nitrogens with two attached hydrogens (primary N) is 1. The van der Waals surface area contributed by atoms with E-state index < -0.39 is 0 Å². The van der Waals surface area contributed by atoms with Gasteiger partial charge in [0.05, 0.1) is 5.00 Å². The van der Waals surface area contributed by atoms with Crippen molar-refractivity contribution in [2.75, 3.05) is 17.2 Å². The number of carbonyl (C=O) groups is 1. The Balaban J connectivity index is 2.08. The van der Waals surface area contributed by atoms with Crippen LogP contribution in [0.15, 0.2) is 18.2 Å². The van der Waals surface area contributed by atoms with E-state index in [1.54, 1.807) is 18.3 Å². The van der Waals surface area contributed by atoms with E-state index in [0.29, 0.717) is 0 Å². The van der Waals surface area contributed by atoms with Gasteiger partial charge >= 0.3 is 0 Å². The second kappa shape index (κ2) is 4.63. The largest absolute Gasteiger partial charge is 0.390 e. The molecule has 0 saturated carbocycles. The van der Waals surface area contributed by atoms with Crippen molar-refractivity contribution >= 4 is 27.9 Å². The van der Waals surface area contributed by atoms with Gasteiger partial charge in [-0.25, -0.2) is 0 Å². The lowest BCUT2D eigenvalue weighted by Gasteiger charge is -2.15. The number of amides is 1. The number of hydrogen-bond donors (Lipinski definition) is 1. The Morgan fingerprint density at radius 2 is 2.10 bits per heavy atom. The van der Waals surface area contributed by atoms with Gasteiger partial charge in [0.25, 0.3) is 0 Å². The number of thiophene rings is 1. The van der Waals surface area contributed by atoms with Crippen LogP contribution in [0.1, 0.15) is 22.9 Å². The van der Waals surface area contributed by atoms with E-state index in [1.165, 1.54) is 16.0 Å². The maximum absolute atomic E-state index is 11.6. The van der Waals surface area contributed by atoms with Crippen LogP contribution in [0.25, 0.3) is 11.1 Å². The first kappa shape index (κ1) is 13.2. The molecule has 1 aromatic heterocycles. The van der Waals surface area contributed by atoms with Gasteiger partial charge in [-0.2, -0.15) is 0 Å². The summed E-state index contributed by atoms with van der Waals surface area (Å²) < 4.78 is 0. The SMILES string of the molecule is CC(=O)N1CCc2cc(-c3c(N)sc(C)c3C)ccc21. The lowest BCUT2D eigenvalue weighted by Crippen LogP contribution is -2.25. The number of carbonyl (C=O) groups excluding carboxylic acids is 1. The summed E-state index contributed by atoms with van der Waals surface area (Å²) in [5.74, 6) is 0.110. The number of nitrogen functional groups attached to an aromatic ring is 1. The van der Waals surface area contributed by atoms with E-state index in [0.717, 1.165) is 34.8 Å². The molecule has 20 heavy (non-hydrogen) atoms. The Morgan fingerprint density at radius 3 is 2.70 bits per heavy atom. The van der Waals surface area contributed by atoms with Crippen molar-refractivity contribution in [3.63, 3.8) is 0 Å². The van der Waals surface area contributed by atoms with Crippen molar-refractivity contribution < 1.29 is 4.79 Å². The maximum atomic E-state index is 11.6. The van der Waals surface area contributed by atoms with E-state index >= 15 is 0 Å². The number of rotatable bonds is 1. The Morgan fingerprint density at radius 1 is 1.35 bits per heavy atom. The zero-order chi connectivity index (χ0) is 14.4. The summed E-state index contributed by atoms with van der Waals surface area (Å²) in [6.45, 7) is 6.62. The standard InChI is InChI=1S/C16H18N2OS/c1-9-10(2)20-16(17)15(9)13-4-5-14-12(8-13)6-7-18(14)11(3)19/h4-5,8H,6-7,17H2,1-3H3. The van der Waals surface area contributed by atoms with E-state index in [1.807, 2.05) is 11.0 Å². The third kappa shape index (κ3) is 1.91. The smallest absolute Gasteiger partial charge is 0.223 e. The van der Waals surface area contributed by atoms with E-state index in [-0.39, 0.29) is 5.91 Å². The number of fused-ring (bicyclic) bond motifs is 1. The van der Waals surface area contributed by atoms with Gasteiger partial charge in [0.1, 0.15) is 0 Å². The van der Waals surface area contributed by atoms with Gasteiger partial charge in [-0.15, -0.1) is 11.3 Å². The molecule has 0 radical (unpaired) electrons. The molecule has 0 saturated heterocycles. The predicted octanol–water partition coefficient (Wildman–Crippen LogP) is 3.52. The molecule has 3 nitrogen and oxygen atoms in total. The Hall–Kier alpha value is -1.81. The molecule has 0 aliphatic carbocycles. The van der Waals surface area contributed by atoms with Crippen LogP contribution in [0.3, 0.4) is 0 Å². The normalized spacial score (nSPS) is 13.7. The summed E-state index contributed by atoms with van der Waals surface area (Å²) in [6.07, 6.45) is 0.921. The fraction of sp³-hybridized carbons (Fsp3) is 0.312. The highest BCUT2D eigenvalue weighted by molar-refractivity contribution is 7.16. The molecule has 0 spiro atoms. The molecule has 0 fully saturated rings. The van der Waals surface area contributed by atoms with Gasteiger partial charge in [-0.3, -0.25) is 4.79 Å². The molecule has 4 heteroatoms. The summed E-state index contributed by atoms with van der Waals surface area (Å²) in [4.78, 5) is 14.7. The molecule has 2 N–H and O–H groups in total. The first-order valence-corrected chi connectivity index (χ1v) is 7.57. The van der Waals surface area contributed by atoms with Crippen LogP contribution in [0.4, 0.5) is 10.7 Å². The number of hydrogen-bond acceptors (Lipinski definition) is 3. The zero-order valence-corrected chi connectivity index (χ0v) is 12.8. The molecule has 2 aromatic rings. The summed E-state index contributed by atoms with van der Waals surface area (Å²) in [6, 6.07) is 6.30. The van der Waals surface area contributed by atoms with Crippen molar-refractivity contribution in [2.45, 2.75) is 27.2 Å². The van der Waals surface area contributed by atoms with Crippen LogP contribution in [0, 0.1) is 13.8 Å². The van der Waals surface area contributed by atoms with Crippen LogP contribution < -0.4 is 10.6 Å². The number of anilines is 2. The molecule has 0 bridgehead atoms. The molecule has 1 amide bonds. The maximum Gasteiger partial charge on any atom is 0.223 e. The van der Waals surface area contributed by atoms with Gasteiger partial charge < -0.3 is 10.6 Å². The molecular weight excluding hydrogens is 268 g/mol. The first-order chi connectivity index (χ1) is 9.49. The molecule has 104 valence electrons. The topological polar surface area (TPSA) is 46.3 Å². The number of benzene rings is 1. The third-order valence-corrected chi connectivity index (χ3v) is 5.09. The van der Waals surface area contributed by atoms with Gasteiger partial charge in [0.15, 0.2) is 0 Å².